The summed E-state index contributed by atoms with van der Waals surface area (Å²) in [5, 5.41) is 13.5. The first-order valence-corrected chi connectivity index (χ1v) is 4.65. The minimum Gasteiger partial charge on any atom is -0.480 e. The van der Waals surface area contributed by atoms with Gasteiger partial charge in [-0.05, 0) is 0 Å². The number of carbonyl (C=O) groups excluding carboxylic acids is 1. The number of carboxylic acid groups (broad SMARTS) is 1. The fraction of sp³-hybridized carbons (Fsp3) is 0.667. The zero-order valence-electron chi connectivity index (χ0n) is 6.11. The Hall–Kier alpha value is -0.910. The third-order valence-corrected chi connectivity index (χ3v) is 3.48. The summed E-state index contributed by atoms with van der Waals surface area (Å²) < 4.78 is 0. The van der Waals surface area contributed by atoms with E-state index >= 15 is 0 Å². The molecule has 5 nitrogen and oxygen atoms in total. The predicted octanol–water partition coefficient (Wildman–Crippen LogP) is -0.764. The quantitative estimate of drug-likeness (QED) is 0.472. The normalized spacial score (nSPS) is 38.7. The van der Waals surface area contributed by atoms with Gasteiger partial charge in [0.2, 0.25) is 0 Å². The van der Waals surface area contributed by atoms with Gasteiger partial charge in [0.25, 0.3) is 0 Å². The lowest BCUT2D eigenvalue weighted by Crippen LogP contribution is -2.40. The molecule has 0 bridgehead atoms. The summed E-state index contributed by atoms with van der Waals surface area (Å²) in [4.78, 5) is 21.5. The smallest absolute Gasteiger partial charge is 0.318 e. The number of urea groups is 1. The van der Waals surface area contributed by atoms with Crippen LogP contribution in [0.25, 0.3) is 0 Å². The van der Waals surface area contributed by atoms with Gasteiger partial charge in [0.1, 0.15) is 5.25 Å². The Bertz CT molecular complexity index is 245. The van der Waals surface area contributed by atoms with Crippen LogP contribution in [0, 0.1) is 0 Å². The van der Waals surface area contributed by atoms with Gasteiger partial charge in [0.05, 0.1) is 12.1 Å². The molecule has 0 aromatic heterocycles. The molecule has 2 fully saturated rings. The van der Waals surface area contributed by atoms with Crippen LogP contribution in [0.1, 0.15) is 0 Å². The highest BCUT2D eigenvalue weighted by molar-refractivity contribution is 8.01. The molecule has 0 aromatic rings. The highest BCUT2D eigenvalue weighted by Crippen LogP contribution is 2.29. The molecule has 0 radical (unpaired) electrons. The Balaban J connectivity index is 2.13. The average molecular weight is 188 g/mol. The molecule has 12 heavy (non-hydrogen) atoms. The van der Waals surface area contributed by atoms with Crippen molar-refractivity contribution in [3.63, 3.8) is 0 Å². The lowest BCUT2D eigenvalue weighted by Gasteiger charge is -2.10. The second-order valence-corrected chi connectivity index (χ2v) is 4.02. The second-order valence-electron chi connectivity index (χ2n) is 2.84. The minimum atomic E-state index is -0.850. The van der Waals surface area contributed by atoms with Crippen molar-refractivity contribution >= 4 is 23.8 Å². The Labute approximate surface area is 72.9 Å². The van der Waals surface area contributed by atoms with E-state index in [2.05, 4.69) is 10.6 Å². The van der Waals surface area contributed by atoms with Crippen LogP contribution in [0.3, 0.4) is 0 Å². The van der Waals surface area contributed by atoms with Gasteiger partial charge >= 0.3 is 12.0 Å². The number of amides is 2. The molecule has 2 aliphatic heterocycles. The fourth-order valence-corrected chi connectivity index (χ4v) is 2.83. The van der Waals surface area contributed by atoms with Crippen molar-refractivity contribution in [2.45, 2.75) is 17.3 Å². The third-order valence-electron chi connectivity index (χ3n) is 2.07. The van der Waals surface area contributed by atoms with Crippen LogP contribution in [0.5, 0.6) is 0 Å². The van der Waals surface area contributed by atoms with E-state index in [0.29, 0.717) is 5.75 Å². The summed E-state index contributed by atoms with van der Waals surface area (Å²) in [6.07, 6.45) is 0. The van der Waals surface area contributed by atoms with Gasteiger partial charge in [-0.25, -0.2) is 4.79 Å². The number of hydrogen-bond donors (Lipinski definition) is 3. The van der Waals surface area contributed by atoms with E-state index in [1.54, 1.807) is 0 Å². The molecule has 0 spiro atoms. The number of nitrogens with one attached hydrogen (secondary N) is 2. The highest BCUT2D eigenvalue weighted by Gasteiger charge is 2.46. The second kappa shape index (κ2) is 2.55. The molecule has 2 heterocycles. The van der Waals surface area contributed by atoms with E-state index in [9.17, 15) is 9.59 Å². The molecule has 66 valence electrons. The van der Waals surface area contributed by atoms with Crippen LogP contribution in [0.15, 0.2) is 0 Å². The molecule has 1 unspecified atom stereocenters. The number of fused-ring (bicyclic) bond motifs is 1. The Morgan fingerprint density at radius 1 is 1.58 bits per heavy atom. The van der Waals surface area contributed by atoms with Crippen molar-refractivity contribution in [2.75, 3.05) is 5.75 Å². The molecule has 0 aromatic carbocycles. The largest absolute Gasteiger partial charge is 0.480 e. The van der Waals surface area contributed by atoms with E-state index in [4.69, 9.17) is 5.11 Å². The number of carboxylic acids is 1. The molecule has 2 rings (SSSR count). The van der Waals surface area contributed by atoms with Crippen LogP contribution in [0.2, 0.25) is 0 Å². The number of rotatable bonds is 1. The first-order chi connectivity index (χ1) is 5.68. The molecule has 0 saturated carbocycles. The summed E-state index contributed by atoms with van der Waals surface area (Å²) in [5.74, 6) is -0.170. The summed E-state index contributed by atoms with van der Waals surface area (Å²) in [6, 6.07) is -0.500. The van der Waals surface area contributed by atoms with Gasteiger partial charge in [-0.3, -0.25) is 4.79 Å². The molecule has 2 saturated heterocycles. The predicted molar refractivity (Wildman–Crippen MR) is 43.1 cm³/mol. The molecule has 3 atom stereocenters. The van der Waals surface area contributed by atoms with Gasteiger partial charge in [-0.15, -0.1) is 11.8 Å². The number of aliphatic carboxylic acids is 1. The molecule has 0 aliphatic carbocycles. The number of thioether (sulfide) groups is 1. The van der Waals surface area contributed by atoms with E-state index < -0.39 is 11.2 Å². The Kier molecular flexibility index (Phi) is 1.64. The SMILES string of the molecule is O=C1N[C@H]2CSC(C(=O)O)[C@H]2N1. The average Bonchev–Trinajstić information content (AvgIpc) is 2.43. The molecule has 2 amide bonds. The lowest BCUT2D eigenvalue weighted by atomic mass is 10.1. The van der Waals surface area contributed by atoms with E-state index in [-0.39, 0.29) is 18.1 Å². The third kappa shape index (κ3) is 1.03. The summed E-state index contributed by atoms with van der Waals surface area (Å²) in [7, 11) is 0. The Morgan fingerprint density at radius 2 is 2.33 bits per heavy atom. The molecule has 6 heteroatoms. The van der Waals surface area contributed by atoms with Crippen LogP contribution in [-0.2, 0) is 4.79 Å². The Morgan fingerprint density at radius 3 is 3.00 bits per heavy atom. The van der Waals surface area contributed by atoms with E-state index in [1.165, 1.54) is 11.8 Å². The van der Waals surface area contributed by atoms with E-state index in [1.807, 2.05) is 0 Å². The van der Waals surface area contributed by atoms with Crippen molar-refractivity contribution in [1.82, 2.24) is 10.6 Å². The maximum absolute atomic E-state index is 10.8. The summed E-state index contributed by atoms with van der Waals surface area (Å²) in [5.41, 5.74) is 0. The first-order valence-electron chi connectivity index (χ1n) is 3.60. The first kappa shape index (κ1) is 7.72. The maximum atomic E-state index is 10.8. The van der Waals surface area contributed by atoms with Gasteiger partial charge in [0, 0.05) is 5.75 Å². The standard InChI is InChI=1S/C6H8N2O3S/c9-5(10)4-3-2(1-12-4)7-6(11)8-3/h2-4H,1H2,(H,9,10)(H2,7,8,11)/t2-,3-,4?/m0/s1. The molecule has 2 aliphatic rings. The number of carbonyl (C=O) groups is 2. The van der Waals surface area contributed by atoms with Crippen LogP contribution in [-0.4, -0.2) is 40.2 Å². The van der Waals surface area contributed by atoms with Crippen molar-refractivity contribution in [2.24, 2.45) is 0 Å². The van der Waals surface area contributed by atoms with Gasteiger partial charge < -0.3 is 15.7 Å². The van der Waals surface area contributed by atoms with Crippen molar-refractivity contribution in [3.8, 4) is 0 Å². The van der Waals surface area contributed by atoms with Gasteiger partial charge in [0.15, 0.2) is 0 Å². The molecular formula is C6H8N2O3S. The van der Waals surface area contributed by atoms with Crippen LogP contribution in [0.4, 0.5) is 4.79 Å². The van der Waals surface area contributed by atoms with Gasteiger partial charge in [-0.2, -0.15) is 0 Å². The number of hydrogen-bond acceptors (Lipinski definition) is 3. The van der Waals surface area contributed by atoms with Crippen LogP contribution < -0.4 is 10.6 Å². The highest BCUT2D eigenvalue weighted by atomic mass is 32.2. The summed E-state index contributed by atoms with van der Waals surface area (Å²) in [6.45, 7) is 0. The summed E-state index contributed by atoms with van der Waals surface area (Å²) >= 11 is 1.37. The van der Waals surface area contributed by atoms with Gasteiger partial charge in [-0.1, -0.05) is 0 Å². The molecular weight excluding hydrogens is 180 g/mol. The topological polar surface area (TPSA) is 78.4 Å². The monoisotopic (exact) mass is 188 g/mol. The zero-order chi connectivity index (χ0) is 8.72. The molecule has 3 N–H and O–H groups in total. The zero-order valence-corrected chi connectivity index (χ0v) is 6.93. The van der Waals surface area contributed by atoms with Crippen molar-refractivity contribution in [1.29, 1.82) is 0 Å². The van der Waals surface area contributed by atoms with Crippen LogP contribution >= 0.6 is 11.8 Å². The minimum absolute atomic E-state index is 0.0106. The lowest BCUT2D eigenvalue weighted by molar-refractivity contribution is -0.136. The van der Waals surface area contributed by atoms with Crippen molar-refractivity contribution in [3.05, 3.63) is 0 Å². The maximum Gasteiger partial charge on any atom is 0.318 e. The fourth-order valence-electron chi connectivity index (χ4n) is 1.52. The van der Waals surface area contributed by atoms with E-state index in [0.717, 1.165) is 0 Å². The van der Waals surface area contributed by atoms with Crippen molar-refractivity contribution < 1.29 is 14.7 Å².